The quantitative estimate of drug-likeness (QED) is 0.870. The van der Waals surface area contributed by atoms with Crippen LogP contribution in [0.3, 0.4) is 0 Å². The third kappa shape index (κ3) is 4.01. The molecule has 1 aromatic rings. The minimum absolute atomic E-state index is 0.0348. The van der Waals surface area contributed by atoms with Crippen LogP contribution in [0.5, 0.6) is 0 Å². The Morgan fingerprint density at radius 1 is 1.26 bits per heavy atom. The van der Waals surface area contributed by atoms with Gasteiger partial charge in [-0.15, -0.1) is 0 Å². The number of morpholine rings is 1. The summed E-state index contributed by atoms with van der Waals surface area (Å²) in [7, 11) is 1.83. The standard InChI is InChI=1S/C21H29N3O3/c1-23-15-21(27-14-19(23)25)7-10-24(11-8-21)20(26)18-4-2-16(3-5-18)12-17-6-9-22-13-17/h2-5,17,22H,6-15H2,1H3. The molecule has 6 nitrogen and oxygen atoms in total. The number of likely N-dealkylation sites (N-methyl/N-ethyl adjacent to an activating group) is 1. The molecule has 3 aliphatic heterocycles. The molecule has 1 N–H and O–H groups in total. The van der Waals surface area contributed by atoms with Crippen molar-refractivity contribution < 1.29 is 14.3 Å². The Kier molecular flexibility index (Phi) is 5.19. The van der Waals surface area contributed by atoms with E-state index in [1.54, 1.807) is 4.90 Å². The van der Waals surface area contributed by atoms with Crippen LogP contribution in [0.15, 0.2) is 24.3 Å². The maximum atomic E-state index is 12.9. The summed E-state index contributed by atoms with van der Waals surface area (Å²) in [5.41, 5.74) is 1.79. The highest BCUT2D eigenvalue weighted by molar-refractivity contribution is 5.94. The number of hydrogen-bond acceptors (Lipinski definition) is 4. The van der Waals surface area contributed by atoms with Gasteiger partial charge in [0.25, 0.3) is 5.91 Å². The Morgan fingerprint density at radius 2 is 2.00 bits per heavy atom. The van der Waals surface area contributed by atoms with Gasteiger partial charge in [0.1, 0.15) is 6.61 Å². The van der Waals surface area contributed by atoms with E-state index in [9.17, 15) is 9.59 Å². The predicted molar refractivity (Wildman–Crippen MR) is 103 cm³/mol. The molecule has 4 rings (SSSR count). The summed E-state index contributed by atoms with van der Waals surface area (Å²) in [6.45, 7) is 4.35. The number of likely N-dealkylation sites (tertiary alicyclic amines) is 1. The molecule has 1 spiro atoms. The number of nitrogens with zero attached hydrogens (tertiary/aromatic N) is 2. The summed E-state index contributed by atoms with van der Waals surface area (Å²) in [5, 5.41) is 3.40. The van der Waals surface area contributed by atoms with Crippen LogP contribution in [0.4, 0.5) is 0 Å². The van der Waals surface area contributed by atoms with E-state index in [1.165, 1.54) is 12.0 Å². The lowest BCUT2D eigenvalue weighted by molar-refractivity contribution is -0.167. The fourth-order valence-corrected chi connectivity index (χ4v) is 4.50. The molecule has 3 heterocycles. The second-order valence-electron chi connectivity index (χ2n) is 8.27. The van der Waals surface area contributed by atoms with E-state index in [-0.39, 0.29) is 24.0 Å². The third-order valence-corrected chi connectivity index (χ3v) is 6.30. The van der Waals surface area contributed by atoms with Crippen molar-refractivity contribution >= 4 is 11.8 Å². The van der Waals surface area contributed by atoms with Crippen LogP contribution in [-0.4, -0.2) is 73.6 Å². The smallest absolute Gasteiger partial charge is 0.253 e. The van der Waals surface area contributed by atoms with Crippen molar-refractivity contribution in [3.8, 4) is 0 Å². The molecule has 0 aromatic heterocycles. The van der Waals surface area contributed by atoms with Gasteiger partial charge in [-0.3, -0.25) is 9.59 Å². The number of rotatable bonds is 3. The molecule has 0 saturated carbocycles. The number of piperidine rings is 1. The van der Waals surface area contributed by atoms with Crippen molar-refractivity contribution in [1.29, 1.82) is 0 Å². The summed E-state index contributed by atoms with van der Waals surface area (Å²) in [6.07, 6.45) is 3.88. The van der Waals surface area contributed by atoms with Gasteiger partial charge >= 0.3 is 0 Å². The Morgan fingerprint density at radius 3 is 2.63 bits per heavy atom. The molecular weight excluding hydrogens is 342 g/mol. The average molecular weight is 371 g/mol. The van der Waals surface area contributed by atoms with Crippen molar-refractivity contribution in [2.75, 3.05) is 46.4 Å². The van der Waals surface area contributed by atoms with Crippen molar-refractivity contribution in [2.45, 2.75) is 31.3 Å². The van der Waals surface area contributed by atoms with Gasteiger partial charge in [0.2, 0.25) is 5.91 Å². The fourth-order valence-electron chi connectivity index (χ4n) is 4.50. The maximum absolute atomic E-state index is 12.9. The molecule has 2 amide bonds. The molecular formula is C21H29N3O3. The number of amides is 2. The highest BCUT2D eigenvalue weighted by Gasteiger charge is 2.42. The predicted octanol–water partition coefficient (Wildman–Crippen LogP) is 1.30. The van der Waals surface area contributed by atoms with Crippen molar-refractivity contribution in [3.63, 3.8) is 0 Å². The van der Waals surface area contributed by atoms with Crippen LogP contribution in [0, 0.1) is 5.92 Å². The Hall–Kier alpha value is -1.92. The second-order valence-corrected chi connectivity index (χ2v) is 8.27. The zero-order valence-corrected chi connectivity index (χ0v) is 16.1. The third-order valence-electron chi connectivity index (χ3n) is 6.30. The zero-order valence-electron chi connectivity index (χ0n) is 16.1. The second kappa shape index (κ2) is 7.60. The molecule has 146 valence electrons. The average Bonchev–Trinajstić information content (AvgIpc) is 3.19. The first-order valence-corrected chi connectivity index (χ1v) is 10.0. The maximum Gasteiger partial charge on any atom is 0.253 e. The molecule has 27 heavy (non-hydrogen) atoms. The van der Waals surface area contributed by atoms with E-state index in [1.807, 2.05) is 24.1 Å². The topological polar surface area (TPSA) is 61.9 Å². The molecule has 0 bridgehead atoms. The normalized spacial score (nSPS) is 25.2. The molecule has 3 aliphatic rings. The van der Waals surface area contributed by atoms with E-state index in [2.05, 4.69) is 17.4 Å². The number of ether oxygens (including phenoxy) is 1. The Labute approximate surface area is 160 Å². The van der Waals surface area contributed by atoms with E-state index < -0.39 is 0 Å². The molecule has 1 atom stereocenters. The number of nitrogens with one attached hydrogen (secondary N) is 1. The summed E-state index contributed by atoms with van der Waals surface area (Å²) >= 11 is 0. The first kappa shape index (κ1) is 18.4. The van der Waals surface area contributed by atoms with Crippen LogP contribution >= 0.6 is 0 Å². The molecule has 3 fully saturated rings. The van der Waals surface area contributed by atoms with Gasteiger partial charge in [-0.05, 0) is 62.4 Å². The van der Waals surface area contributed by atoms with E-state index >= 15 is 0 Å². The van der Waals surface area contributed by atoms with Crippen LogP contribution in [0.25, 0.3) is 0 Å². The number of carbonyl (C=O) groups excluding carboxylic acids is 2. The van der Waals surface area contributed by atoms with E-state index in [0.29, 0.717) is 25.6 Å². The summed E-state index contributed by atoms with van der Waals surface area (Å²) in [5.74, 6) is 0.845. The minimum Gasteiger partial charge on any atom is -0.363 e. The van der Waals surface area contributed by atoms with Crippen molar-refractivity contribution in [2.24, 2.45) is 5.92 Å². The van der Waals surface area contributed by atoms with E-state index in [4.69, 9.17) is 4.74 Å². The Balaban J connectivity index is 1.33. The van der Waals surface area contributed by atoms with Gasteiger partial charge in [0.15, 0.2) is 0 Å². The lowest BCUT2D eigenvalue weighted by Gasteiger charge is -2.46. The highest BCUT2D eigenvalue weighted by atomic mass is 16.5. The number of benzene rings is 1. The zero-order chi connectivity index (χ0) is 18.9. The van der Waals surface area contributed by atoms with Crippen molar-refractivity contribution in [1.82, 2.24) is 15.1 Å². The number of carbonyl (C=O) groups is 2. The van der Waals surface area contributed by atoms with Gasteiger partial charge < -0.3 is 19.9 Å². The first-order chi connectivity index (χ1) is 13.0. The van der Waals surface area contributed by atoms with Crippen LogP contribution in [0.2, 0.25) is 0 Å². The van der Waals surface area contributed by atoms with Gasteiger partial charge in [0, 0.05) is 32.2 Å². The fraction of sp³-hybridized carbons (Fsp3) is 0.619. The van der Waals surface area contributed by atoms with Gasteiger partial charge in [-0.1, -0.05) is 12.1 Å². The van der Waals surface area contributed by atoms with Crippen LogP contribution in [-0.2, 0) is 16.0 Å². The van der Waals surface area contributed by atoms with E-state index in [0.717, 1.165) is 37.9 Å². The lowest BCUT2D eigenvalue weighted by Crippen LogP contribution is -2.58. The van der Waals surface area contributed by atoms with Gasteiger partial charge in [-0.25, -0.2) is 0 Å². The summed E-state index contributed by atoms with van der Waals surface area (Å²) in [4.78, 5) is 28.2. The highest BCUT2D eigenvalue weighted by Crippen LogP contribution is 2.30. The summed E-state index contributed by atoms with van der Waals surface area (Å²) in [6, 6.07) is 8.13. The van der Waals surface area contributed by atoms with Crippen LogP contribution < -0.4 is 5.32 Å². The van der Waals surface area contributed by atoms with Crippen LogP contribution in [0.1, 0.15) is 35.2 Å². The largest absolute Gasteiger partial charge is 0.363 e. The molecule has 0 radical (unpaired) electrons. The number of hydrogen-bond donors (Lipinski definition) is 1. The molecule has 0 aliphatic carbocycles. The Bertz CT molecular complexity index is 689. The van der Waals surface area contributed by atoms with Gasteiger partial charge in [0.05, 0.1) is 5.60 Å². The molecule has 6 heteroatoms. The minimum atomic E-state index is -0.279. The molecule has 1 unspecified atom stereocenters. The SMILES string of the molecule is CN1CC2(CCN(C(=O)c3ccc(CC4CCNC4)cc3)CC2)OCC1=O. The molecule has 1 aromatic carbocycles. The van der Waals surface area contributed by atoms with Crippen molar-refractivity contribution in [3.05, 3.63) is 35.4 Å². The van der Waals surface area contributed by atoms with Gasteiger partial charge in [-0.2, -0.15) is 0 Å². The molecule has 3 saturated heterocycles. The monoisotopic (exact) mass is 371 g/mol. The lowest BCUT2D eigenvalue weighted by atomic mass is 9.89. The summed E-state index contributed by atoms with van der Waals surface area (Å²) < 4.78 is 5.87. The first-order valence-electron chi connectivity index (χ1n) is 10.0.